The molecule has 1 aliphatic heterocycles. The van der Waals surface area contributed by atoms with Gasteiger partial charge in [0.2, 0.25) is 0 Å². The van der Waals surface area contributed by atoms with Crippen molar-refractivity contribution in [2.75, 3.05) is 19.6 Å². The lowest BCUT2D eigenvalue weighted by Gasteiger charge is -2.34. The Morgan fingerprint density at radius 3 is 2.76 bits per heavy atom. The van der Waals surface area contributed by atoms with Crippen molar-refractivity contribution in [2.45, 2.75) is 39.2 Å². The SMILES string of the molecule is CC(C)(C)OC(=O)N1CCCC(CNC(=O)c2ccc(Br)c(F)c2)C1. The summed E-state index contributed by atoms with van der Waals surface area (Å²) in [6.45, 7) is 7.16. The summed E-state index contributed by atoms with van der Waals surface area (Å²) in [5.74, 6) is -0.632. The predicted octanol–water partition coefficient (Wildman–Crippen LogP) is 3.97. The van der Waals surface area contributed by atoms with E-state index in [1.54, 1.807) is 11.0 Å². The fraction of sp³-hybridized carbons (Fsp3) is 0.556. The van der Waals surface area contributed by atoms with Gasteiger partial charge in [-0.05, 0) is 73.7 Å². The number of nitrogens with one attached hydrogen (secondary N) is 1. The second-order valence-electron chi connectivity index (χ2n) is 7.27. The number of halogens is 2. The van der Waals surface area contributed by atoms with Crippen LogP contribution in [-0.4, -0.2) is 42.1 Å². The molecular weight excluding hydrogens is 391 g/mol. The van der Waals surface area contributed by atoms with E-state index in [4.69, 9.17) is 4.74 Å². The van der Waals surface area contributed by atoms with Crippen molar-refractivity contribution >= 4 is 27.9 Å². The molecule has 0 aromatic heterocycles. The van der Waals surface area contributed by atoms with Gasteiger partial charge < -0.3 is 15.0 Å². The molecule has 1 saturated heterocycles. The zero-order valence-corrected chi connectivity index (χ0v) is 16.4. The number of carbonyl (C=O) groups excluding carboxylic acids is 2. The van der Waals surface area contributed by atoms with Crippen LogP contribution in [0, 0.1) is 11.7 Å². The lowest BCUT2D eigenvalue weighted by atomic mass is 9.98. The van der Waals surface area contributed by atoms with Crippen LogP contribution >= 0.6 is 15.9 Å². The fourth-order valence-electron chi connectivity index (χ4n) is 2.70. The smallest absolute Gasteiger partial charge is 0.410 e. The number of rotatable bonds is 3. The Labute approximate surface area is 156 Å². The van der Waals surface area contributed by atoms with Gasteiger partial charge in [0, 0.05) is 25.2 Å². The van der Waals surface area contributed by atoms with E-state index in [9.17, 15) is 14.0 Å². The summed E-state index contributed by atoms with van der Waals surface area (Å²) in [4.78, 5) is 26.0. The highest BCUT2D eigenvalue weighted by Crippen LogP contribution is 2.20. The van der Waals surface area contributed by atoms with Gasteiger partial charge in [-0.3, -0.25) is 4.79 Å². The van der Waals surface area contributed by atoms with Crippen molar-refractivity contribution in [1.82, 2.24) is 10.2 Å². The minimum atomic E-state index is -0.524. The molecule has 1 aliphatic rings. The number of carbonyl (C=O) groups is 2. The molecule has 1 N–H and O–H groups in total. The van der Waals surface area contributed by atoms with E-state index in [0.717, 1.165) is 12.8 Å². The molecule has 1 fully saturated rings. The molecule has 0 aliphatic carbocycles. The Morgan fingerprint density at radius 1 is 1.40 bits per heavy atom. The Bertz CT molecular complexity index is 646. The van der Waals surface area contributed by atoms with Gasteiger partial charge >= 0.3 is 6.09 Å². The molecular formula is C18H24BrFN2O3. The maximum atomic E-state index is 13.5. The standard InChI is InChI=1S/C18H24BrFN2O3/c1-18(2,3)25-17(24)22-8-4-5-12(11-22)10-21-16(23)13-6-7-14(19)15(20)9-13/h6-7,9,12H,4-5,8,10-11H2,1-3H3,(H,21,23). The van der Waals surface area contributed by atoms with E-state index >= 15 is 0 Å². The van der Waals surface area contributed by atoms with Gasteiger partial charge in [-0.25, -0.2) is 9.18 Å². The number of ether oxygens (including phenoxy) is 1. The normalized spacial score (nSPS) is 18.0. The number of benzene rings is 1. The number of hydrogen-bond acceptors (Lipinski definition) is 3. The van der Waals surface area contributed by atoms with Gasteiger partial charge in [0.25, 0.3) is 5.91 Å². The number of hydrogen-bond donors (Lipinski definition) is 1. The molecule has 1 aromatic carbocycles. The summed E-state index contributed by atoms with van der Waals surface area (Å²) >= 11 is 3.06. The van der Waals surface area contributed by atoms with Crippen molar-refractivity contribution in [3.8, 4) is 0 Å². The van der Waals surface area contributed by atoms with Crippen LogP contribution in [-0.2, 0) is 4.74 Å². The predicted molar refractivity (Wildman–Crippen MR) is 97.0 cm³/mol. The molecule has 138 valence electrons. The quantitative estimate of drug-likeness (QED) is 0.813. The Balaban J connectivity index is 1.87. The van der Waals surface area contributed by atoms with E-state index in [2.05, 4.69) is 21.2 Å². The highest BCUT2D eigenvalue weighted by Gasteiger charge is 2.27. The van der Waals surface area contributed by atoms with Crippen LogP contribution in [0.1, 0.15) is 44.0 Å². The van der Waals surface area contributed by atoms with Crippen molar-refractivity contribution in [2.24, 2.45) is 5.92 Å². The topological polar surface area (TPSA) is 58.6 Å². The minimum absolute atomic E-state index is 0.158. The van der Waals surface area contributed by atoms with E-state index < -0.39 is 11.4 Å². The number of nitrogens with zero attached hydrogens (tertiary/aromatic N) is 1. The zero-order valence-electron chi connectivity index (χ0n) is 14.8. The number of piperidine rings is 1. The summed E-state index contributed by atoms with van der Waals surface area (Å²) in [6.07, 6.45) is 1.47. The van der Waals surface area contributed by atoms with Crippen LogP contribution in [0.2, 0.25) is 0 Å². The average molecular weight is 415 g/mol. The molecule has 0 radical (unpaired) electrons. The molecule has 1 unspecified atom stereocenters. The van der Waals surface area contributed by atoms with Gasteiger partial charge in [0.1, 0.15) is 11.4 Å². The Hall–Kier alpha value is -1.63. The first-order valence-electron chi connectivity index (χ1n) is 8.37. The van der Waals surface area contributed by atoms with Gasteiger partial charge in [-0.2, -0.15) is 0 Å². The Kier molecular flexibility index (Phi) is 6.43. The van der Waals surface area contributed by atoms with Gasteiger partial charge in [-0.1, -0.05) is 0 Å². The van der Waals surface area contributed by atoms with E-state index in [1.807, 2.05) is 20.8 Å². The van der Waals surface area contributed by atoms with Crippen LogP contribution < -0.4 is 5.32 Å². The van der Waals surface area contributed by atoms with Crippen molar-refractivity contribution in [1.29, 1.82) is 0 Å². The molecule has 2 rings (SSSR count). The van der Waals surface area contributed by atoms with E-state index in [1.165, 1.54) is 12.1 Å². The average Bonchev–Trinajstić information content (AvgIpc) is 2.54. The molecule has 1 aromatic rings. The molecule has 0 bridgehead atoms. The molecule has 1 atom stereocenters. The third-order valence-corrected chi connectivity index (χ3v) is 4.55. The highest BCUT2D eigenvalue weighted by molar-refractivity contribution is 9.10. The highest BCUT2D eigenvalue weighted by atomic mass is 79.9. The van der Waals surface area contributed by atoms with Gasteiger partial charge in [-0.15, -0.1) is 0 Å². The third-order valence-electron chi connectivity index (χ3n) is 3.90. The summed E-state index contributed by atoms with van der Waals surface area (Å²) in [5.41, 5.74) is -0.246. The fourth-order valence-corrected chi connectivity index (χ4v) is 2.95. The van der Waals surface area contributed by atoms with Crippen molar-refractivity contribution in [3.05, 3.63) is 34.1 Å². The molecule has 7 heteroatoms. The second kappa shape index (κ2) is 8.17. The monoisotopic (exact) mass is 414 g/mol. The number of amides is 2. The molecule has 25 heavy (non-hydrogen) atoms. The minimum Gasteiger partial charge on any atom is -0.444 e. The van der Waals surface area contributed by atoms with E-state index in [0.29, 0.717) is 24.1 Å². The van der Waals surface area contributed by atoms with Crippen LogP contribution in [0.15, 0.2) is 22.7 Å². The van der Waals surface area contributed by atoms with Crippen LogP contribution in [0.3, 0.4) is 0 Å². The first-order chi connectivity index (χ1) is 11.7. The van der Waals surface area contributed by atoms with Crippen molar-refractivity contribution < 1.29 is 18.7 Å². The van der Waals surface area contributed by atoms with Crippen LogP contribution in [0.5, 0.6) is 0 Å². The van der Waals surface area contributed by atoms with Crippen LogP contribution in [0.25, 0.3) is 0 Å². The maximum absolute atomic E-state index is 13.5. The molecule has 5 nitrogen and oxygen atoms in total. The molecule has 0 spiro atoms. The number of likely N-dealkylation sites (tertiary alicyclic amines) is 1. The largest absolute Gasteiger partial charge is 0.444 e. The zero-order chi connectivity index (χ0) is 18.6. The first-order valence-corrected chi connectivity index (χ1v) is 9.16. The third kappa shape index (κ3) is 5.99. The van der Waals surface area contributed by atoms with E-state index in [-0.39, 0.29) is 23.5 Å². The van der Waals surface area contributed by atoms with Crippen LogP contribution in [0.4, 0.5) is 9.18 Å². The maximum Gasteiger partial charge on any atom is 0.410 e. The Morgan fingerprint density at radius 2 is 2.12 bits per heavy atom. The first kappa shape index (κ1) is 19.7. The lowest BCUT2D eigenvalue weighted by Crippen LogP contribution is -2.45. The summed E-state index contributed by atoms with van der Waals surface area (Å²) in [6, 6.07) is 4.28. The molecule has 1 heterocycles. The molecule has 0 saturated carbocycles. The summed E-state index contributed by atoms with van der Waals surface area (Å²) in [7, 11) is 0. The van der Waals surface area contributed by atoms with Gasteiger partial charge in [0.05, 0.1) is 4.47 Å². The lowest BCUT2D eigenvalue weighted by molar-refractivity contribution is 0.0167. The summed E-state index contributed by atoms with van der Waals surface area (Å²) < 4.78 is 19.2. The molecule has 2 amide bonds. The van der Waals surface area contributed by atoms with Gasteiger partial charge in [0.15, 0.2) is 0 Å². The summed E-state index contributed by atoms with van der Waals surface area (Å²) in [5, 5.41) is 2.82. The van der Waals surface area contributed by atoms with Crippen molar-refractivity contribution in [3.63, 3.8) is 0 Å². The second-order valence-corrected chi connectivity index (χ2v) is 8.13.